The molecule has 0 aromatic heterocycles. The van der Waals surface area contributed by atoms with Crippen molar-refractivity contribution >= 4 is 27.3 Å². The first-order valence-corrected chi connectivity index (χ1v) is 11.4. The highest BCUT2D eigenvalue weighted by Gasteiger charge is 2.24. The number of amides is 1. The molecular formula is C22H31N3O4S. The van der Waals surface area contributed by atoms with Gasteiger partial charge in [0.05, 0.1) is 16.3 Å². The summed E-state index contributed by atoms with van der Waals surface area (Å²) in [5.74, 6) is 0.236. The minimum Gasteiger partial charge on any atom is -0.481 e. The van der Waals surface area contributed by atoms with Gasteiger partial charge in [-0.3, -0.25) is 4.79 Å². The molecule has 8 heteroatoms. The largest absolute Gasteiger partial charge is 0.481 e. The van der Waals surface area contributed by atoms with Crippen LogP contribution in [0.3, 0.4) is 0 Å². The molecule has 1 unspecified atom stereocenters. The molecule has 2 rings (SSSR count). The molecule has 1 amide bonds. The quantitative estimate of drug-likeness (QED) is 0.655. The van der Waals surface area contributed by atoms with Gasteiger partial charge in [0, 0.05) is 27.2 Å². The maximum Gasteiger partial charge on any atom is 0.265 e. The zero-order chi connectivity index (χ0) is 22.5. The topological polar surface area (TPSA) is 79.0 Å². The Morgan fingerprint density at radius 2 is 1.77 bits per heavy atom. The zero-order valence-corrected chi connectivity index (χ0v) is 19.3. The molecule has 0 bridgehead atoms. The average molecular weight is 434 g/mol. The molecule has 164 valence electrons. The Bertz CT molecular complexity index is 986. The van der Waals surface area contributed by atoms with E-state index in [4.69, 9.17) is 4.74 Å². The summed E-state index contributed by atoms with van der Waals surface area (Å²) in [6.45, 7) is 7.94. The molecule has 1 atom stereocenters. The van der Waals surface area contributed by atoms with Crippen molar-refractivity contribution in [2.45, 2.75) is 38.7 Å². The fourth-order valence-corrected chi connectivity index (χ4v) is 4.54. The molecule has 0 fully saturated rings. The van der Waals surface area contributed by atoms with Crippen LogP contribution in [0.2, 0.25) is 0 Å². The highest BCUT2D eigenvalue weighted by atomic mass is 32.2. The van der Waals surface area contributed by atoms with Crippen molar-refractivity contribution in [2.75, 3.05) is 37.4 Å². The van der Waals surface area contributed by atoms with Crippen LogP contribution < -0.4 is 15.0 Å². The second-order valence-corrected chi connectivity index (χ2v) is 9.17. The van der Waals surface area contributed by atoms with E-state index in [2.05, 4.69) is 5.32 Å². The first kappa shape index (κ1) is 23.7. The van der Waals surface area contributed by atoms with Crippen LogP contribution in [0.15, 0.2) is 47.4 Å². The standard InChI is InChI=1S/C22H31N3O4S/c1-7-25(8-2)30(27,28)19-12-13-21(24(5)6)20(15-19)23-22(26)17(4)29-18-11-9-10-16(3)14-18/h9-15,17H,7-8H2,1-6H3,(H,23,26). The number of carbonyl (C=O) groups excluding carboxylic acids is 1. The monoisotopic (exact) mass is 433 g/mol. The van der Waals surface area contributed by atoms with Gasteiger partial charge in [0.2, 0.25) is 10.0 Å². The molecule has 2 aromatic carbocycles. The van der Waals surface area contributed by atoms with Crippen molar-refractivity contribution in [1.29, 1.82) is 0 Å². The summed E-state index contributed by atoms with van der Waals surface area (Å²) in [4.78, 5) is 14.7. The average Bonchev–Trinajstić information content (AvgIpc) is 2.68. The smallest absolute Gasteiger partial charge is 0.265 e. The highest BCUT2D eigenvalue weighted by Crippen LogP contribution is 2.29. The lowest BCUT2D eigenvalue weighted by molar-refractivity contribution is -0.122. The lowest BCUT2D eigenvalue weighted by Gasteiger charge is -2.23. The predicted octanol–water partition coefficient (Wildman–Crippen LogP) is 3.50. The van der Waals surface area contributed by atoms with Crippen molar-refractivity contribution in [2.24, 2.45) is 0 Å². The van der Waals surface area contributed by atoms with Gasteiger partial charge in [-0.15, -0.1) is 0 Å². The van der Waals surface area contributed by atoms with Crippen LogP contribution in [0.5, 0.6) is 5.75 Å². The van der Waals surface area contributed by atoms with E-state index in [9.17, 15) is 13.2 Å². The Kier molecular flexibility index (Phi) is 7.86. The number of sulfonamides is 1. The third-order valence-corrected chi connectivity index (χ3v) is 6.77. The van der Waals surface area contributed by atoms with Crippen LogP contribution in [0.1, 0.15) is 26.3 Å². The molecule has 2 aromatic rings. The number of nitrogens with zero attached hydrogens (tertiary/aromatic N) is 2. The molecule has 0 radical (unpaired) electrons. The second-order valence-electron chi connectivity index (χ2n) is 7.23. The normalized spacial score (nSPS) is 12.5. The number of rotatable bonds is 9. The zero-order valence-electron chi connectivity index (χ0n) is 18.5. The van der Waals surface area contributed by atoms with E-state index < -0.39 is 16.1 Å². The van der Waals surface area contributed by atoms with E-state index in [1.807, 2.05) is 44.1 Å². The van der Waals surface area contributed by atoms with Gasteiger partial charge in [0.1, 0.15) is 5.75 Å². The van der Waals surface area contributed by atoms with Gasteiger partial charge in [-0.25, -0.2) is 8.42 Å². The molecule has 1 N–H and O–H groups in total. The first-order chi connectivity index (χ1) is 14.1. The number of hydrogen-bond donors (Lipinski definition) is 1. The summed E-state index contributed by atoms with van der Waals surface area (Å²) >= 11 is 0. The number of carbonyl (C=O) groups is 1. The molecular weight excluding hydrogens is 402 g/mol. The third-order valence-electron chi connectivity index (χ3n) is 4.72. The van der Waals surface area contributed by atoms with Gasteiger partial charge in [-0.05, 0) is 49.7 Å². The van der Waals surface area contributed by atoms with Crippen LogP contribution in [0.25, 0.3) is 0 Å². The summed E-state index contributed by atoms with van der Waals surface area (Å²) in [5, 5.41) is 2.83. The Balaban J connectivity index is 2.31. The van der Waals surface area contributed by atoms with Crippen molar-refractivity contribution < 1.29 is 17.9 Å². The van der Waals surface area contributed by atoms with Crippen LogP contribution >= 0.6 is 0 Å². The van der Waals surface area contributed by atoms with E-state index in [1.54, 1.807) is 39.0 Å². The molecule has 0 heterocycles. The molecule has 0 aliphatic rings. The molecule has 7 nitrogen and oxygen atoms in total. The summed E-state index contributed by atoms with van der Waals surface area (Å²) < 4.78 is 32.9. The van der Waals surface area contributed by atoms with Gasteiger partial charge in [0.15, 0.2) is 6.10 Å². The number of ether oxygens (including phenoxy) is 1. The highest BCUT2D eigenvalue weighted by molar-refractivity contribution is 7.89. The summed E-state index contributed by atoms with van der Waals surface area (Å²) in [6, 6.07) is 12.2. The van der Waals surface area contributed by atoms with E-state index in [0.29, 0.717) is 30.2 Å². The molecule has 30 heavy (non-hydrogen) atoms. The fourth-order valence-electron chi connectivity index (χ4n) is 3.06. The van der Waals surface area contributed by atoms with Gasteiger partial charge >= 0.3 is 0 Å². The van der Waals surface area contributed by atoms with Crippen LogP contribution in [0.4, 0.5) is 11.4 Å². The minimum absolute atomic E-state index is 0.138. The number of benzene rings is 2. The van der Waals surface area contributed by atoms with Crippen LogP contribution in [-0.4, -0.2) is 51.9 Å². The van der Waals surface area contributed by atoms with E-state index in [1.165, 1.54) is 10.4 Å². The first-order valence-electron chi connectivity index (χ1n) is 9.95. The fraction of sp³-hybridized carbons (Fsp3) is 0.409. The lowest BCUT2D eigenvalue weighted by atomic mass is 10.2. The maximum absolute atomic E-state index is 12.9. The molecule has 0 saturated heterocycles. The summed E-state index contributed by atoms with van der Waals surface area (Å²) in [5.41, 5.74) is 2.15. The van der Waals surface area contributed by atoms with Crippen LogP contribution in [0, 0.1) is 6.92 Å². The van der Waals surface area contributed by atoms with Gasteiger partial charge in [0.25, 0.3) is 5.91 Å². The minimum atomic E-state index is -3.64. The Hall–Kier alpha value is -2.58. The second kappa shape index (κ2) is 9.95. The SMILES string of the molecule is CCN(CC)S(=O)(=O)c1ccc(N(C)C)c(NC(=O)C(C)Oc2cccc(C)c2)c1. The lowest BCUT2D eigenvalue weighted by Crippen LogP contribution is -2.32. The number of aryl methyl sites for hydroxylation is 1. The number of nitrogens with one attached hydrogen (secondary N) is 1. The maximum atomic E-state index is 12.9. The Labute approximate surface area is 179 Å². The third kappa shape index (κ3) is 5.52. The molecule has 0 spiro atoms. The Morgan fingerprint density at radius 1 is 1.10 bits per heavy atom. The van der Waals surface area contributed by atoms with Crippen molar-refractivity contribution in [3.05, 3.63) is 48.0 Å². The van der Waals surface area contributed by atoms with Crippen molar-refractivity contribution in [3.8, 4) is 5.75 Å². The summed E-state index contributed by atoms with van der Waals surface area (Å²) in [6.07, 6.45) is -0.759. The van der Waals surface area contributed by atoms with E-state index >= 15 is 0 Å². The Morgan fingerprint density at radius 3 is 2.33 bits per heavy atom. The van der Waals surface area contributed by atoms with Crippen LogP contribution in [-0.2, 0) is 14.8 Å². The summed E-state index contributed by atoms with van der Waals surface area (Å²) in [7, 11) is 0.0159. The van der Waals surface area contributed by atoms with E-state index in [0.717, 1.165) is 5.56 Å². The molecule has 0 saturated carbocycles. The molecule has 0 aliphatic heterocycles. The van der Waals surface area contributed by atoms with Gasteiger partial charge in [-0.1, -0.05) is 26.0 Å². The van der Waals surface area contributed by atoms with E-state index in [-0.39, 0.29) is 10.8 Å². The van der Waals surface area contributed by atoms with Crippen molar-refractivity contribution in [3.63, 3.8) is 0 Å². The van der Waals surface area contributed by atoms with Gasteiger partial charge in [-0.2, -0.15) is 4.31 Å². The number of hydrogen-bond acceptors (Lipinski definition) is 5. The van der Waals surface area contributed by atoms with Crippen molar-refractivity contribution in [1.82, 2.24) is 4.31 Å². The van der Waals surface area contributed by atoms with Gasteiger partial charge < -0.3 is 15.0 Å². The molecule has 0 aliphatic carbocycles. The predicted molar refractivity (Wildman–Crippen MR) is 121 cm³/mol. The number of anilines is 2.